The lowest BCUT2D eigenvalue weighted by Gasteiger charge is -2.46. The Morgan fingerprint density at radius 1 is 1.04 bits per heavy atom. The smallest absolute Gasteiger partial charge is 0.255 e. The molecule has 7 N–H and O–H groups in total. The fourth-order valence-corrected chi connectivity index (χ4v) is 7.79. The molecule has 2 aromatic rings. The predicted molar refractivity (Wildman–Crippen MR) is 173 cm³/mol. The maximum absolute atomic E-state index is 14.1. The molecule has 0 saturated heterocycles. The number of benzene rings is 2. The number of allylic oxidation sites excluding steroid dienone is 1. The summed E-state index contributed by atoms with van der Waals surface area (Å²) in [5.74, 6) is -5.73. The van der Waals surface area contributed by atoms with Crippen LogP contribution in [0.25, 0.3) is 5.76 Å². The molecule has 5 atom stereocenters. The van der Waals surface area contributed by atoms with E-state index in [-0.39, 0.29) is 22.6 Å². The summed E-state index contributed by atoms with van der Waals surface area (Å²) in [7, 11) is 7.19. The number of carbonyl (C=O) groups excluding carboxylic acids is 3. The van der Waals surface area contributed by atoms with Crippen molar-refractivity contribution in [3.63, 3.8) is 0 Å². The van der Waals surface area contributed by atoms with Gasteiger partial charge >= 0.3 is 0 Å². The highest BCUT2D eigenvalue weighted by Gasteiger charge is 2.56. The molecule has 0 spiro atoms. The number of nitrogens with two attached hydrogens (primary N) is 2. The second-order valence-corrected chi connectivity index (χ2v) is 13.6. The molecule has 3 aliphatic carbocycles. The van der Waals surface area contributed by atoms with E-state index in [1.54, 1.807) is 19.0 Å². The van der Waals surface area contributed by atoms with Crippen LogP contribution in [0, 0.1) is 17.8 Å². The number of aliphatic hydroxyl groups is 2. The first-order valence-electron chi connectivity index (χ1n) is 15.4. The largest absolute Gasteiger partial charge is 0.510 e. The van der Waals surface area contributed by atoms with E-state index in [1.165, 1.54) is 0 Å². The summed E-state index contributed by atoms with van der Waals surface area (Å²) in [5.41, 5.74) is 14.7. The van der Waals surface area contributed by atoms with E-state index in [0.29, 0.717) is 49.7 Å². The van der Waals surface area contributed by atoms with Crippen LogP contribution >= 0.6 is 0 Å². The average molecular weight is 617 g/mol. The molecule has 5 rings (SSSR count). The SMILES string of the molecule is CN(C)c1cc(CCCC(C)(N)Cc2ccccc2)c(O)c2c1CC1CC3C(C(=O)C(C(N)=O)=C(O)[C@H]3N(C)C)C(=O)C1=C2O. The number of nitrogens with zero attached hydrogens (tertiary/aromatic N) is 2. The summed E-state index contributed by atoms with van der Waals surface area (Å²) >= 11 is 0. The molecule has 2 aromatic carbocycles. The average Bonchev–Trinajstić information content (AvgIpc) is 2.93. The van der Waals surface area contributed by atoms with Crippen molar-refractivity contribution in [1.82, 2.24) is 4.90 Å². The molecule has 0 heterocycles. The summed E-state index contributed by atoms with van der Waals surface area (Å²) in [6, 6.07) is 11.2. The highest BCUT2D eigenvalue weighted by molar-refractivity contribution is 6.28. The Bertz CT molecular complexity index is 1610. The van der Waals surface area contributed by atoms with Crippen LogP contribution in [-0.4, -0.2) is 77.5 Å². The zero-order valence-corrected chi connectivity index (χ0v) is 26.6. The standard InChI is InChI=1S/C35H44N4O6/c1-35(37,17-18-10-7-6-8-11-18)13-9-12-19-16-23(38(2)3)21-14-20-15-22-26(31(42)24(20)30(41)25(21)29(19)40)32(43)27(34(36)45)33(44)28(22)39(4)5/h6-8,10-11,16,20,22,26,28,40-41,44H,9,12-15,17,37H2,1-5H3,(H2,36,45)/t20?,22?,26?,28-,35?/m0/s1. The number of primary amides is 1. The molecule has 4 unspecified atom stereocenters. The summed E-state index contributed by atoms with van der Waals surface area (Å²) < 4.78 is 0. The molecule has 1 amide bonds. The number of rotatable bonds is 9. The molecule has 240 valence electrons. The van der Waals surface area contributed by atoms with Crippen LogP contribution in [0.5, 0.6) is 5.75 Å². The van der Waals surface area contributed by atoms with E-state index in [0.717, 1.165) is 11.3 Å². The number of hydrogen-bond acceptors (Lipinski definition) is 9. The lowest BCUT2D eigenvalue weighted by molar-refractivity contribution is -0.136. The summed E-state index contributed by atoms with van der Waals surface area (Å²) in [6.45, 7) is 2.02. The van der Waals surface area contributed by atoms with Gasteiger partial charge in [-0.05, 0) is 94.1 Å². The van der Waals surface area contributed by atoms with E-state index in [2.05, 4.69) is 12.1 Å². The number of likely N-dealkylation sites (N-methyl/N-ethyl adjacent to an activating group) is 1. The van der Waals surface area contributed by atoms with E-state index in [1.807, 2.05) is 50.2 Å². The van der Waals surface area contributed by atoms with Crippen LogP contribution in [0.15, 0.2) is 53.3 Å². The van der Waals surface area contributed by atoms with Gasteiger partial charge in [-0.1, -0.05) is 30.3 Å². The second kappa shape index (κ2) is 12.0. The zero-order chi connectivity index (χ0) is 33.0. The van der Waals surface area contributed by atoms with E-state index in [4.69, 9.17) is 11.5 Å². The van der Waals surface area contributed by atoms with Crippen molar-refractivity contribution in [3.8, 4) is 5.75 Å². The minimum Gasteiger partial charge on any atom is -0.510 e. The van der Waals surface area contributed by atoms with Crippen LogP contribution in [0.2, 0.25) is 0 Å². The number of carbonyl (C=O) groups is 3. The Kier molecular flexibility index (Phi) is 8.59. The number of amides is 1. The molecule has 0 bridgehead atoms. The minimum atomic E-state index is -1.28. The van der Waals surface area contributed by atoms with Crippen LogP contribution in [0.4, 0.5) is 5.69 Å². The van der Waals surface area contributed by atoms with Gasteiger partial charge in [0.2, 0.25) is 0 Å². The predicted octanol–water partition coefficient (Wildman–Crippen LogP) is 3.20. The summed E-state index contributed by atoms with van der Waals surface area (Å²) in [4.78, 5) is 43.4. The Balaban J connectivity index is 1.50. The van der Waals surface area contributed by atoms with Crippen molar-refractivity contribution in [1.29, 1.82) is 0 Å². The molecular formula is C35H44N4O6. The number of phenolic OH excluding ortho intramolecular Hbond substituents is 1. The van der Waals surface area contributed by atoms with Crippen molar-refractivity contribution < 1.29 is 29.7 Å². The van der Waals surface area contributed by atoms with Crippen molar-refractivity contribution in [3.05, 3.63) is 75.6 Å². The highest BCUT2D eigenvalue weighted by Crippen LogP contribution is 2.52. The zero-order valence-electron chi connectivity index (χ0n) is 26.6. The van der Waals surface area contributed by atoms with Gasteiger partial charge in [-0.15, -0.1) is 0 Å². The highest BCUT2D eigenvalue weighted by atomic mass is 16.3. The Hall–Kier alpha value is -4.15. The Morgan fingerprint density at radius 3 is 2.31 bits per heavy atom. The Labute approximate surface area is 264 Å². The lowest BCUT2D eigenvalue weighted by Crippen LogP contribution is -2.55. The topological polar surface area (TPSA) is 170 Å². The molecule has 10 heteroatoms. The maximum Gasteiger partial charge on any atom is 0.255 e. The third-order valence-corrected chi connectivity index (χ3v) is 9.75. The molecule has 1 saturated carbocycles. The van der Waals surface area contributed by atoms with Gasteiger partial charge in [0.25, 0.3) is 5.91 Å². The number of Topliss-reactive ketones (excluding diaryl/α,β-unsaturated/α-hetero) is 2. The van der Waals surface area contributed by atoms with Crippen molar-refractivity contribution >= 4 is 28.9 Å². The van der Waals surface area contributed by atoms with Crippen LogP contribution in [0.3, 0.4) is 0 Å². The third kappa shape index (κ3) is 5.73. The molecular weight excluding hydrogens is 572 g/mol. The van der Waals surface area contributed by atoms with Gasteiger partial charge in [-0.2, -0.15) is 0 Å². The van der Waals surface area contributed by atoms with Gasteiger partial charge < -0.3 is 31.7 Å². The number of aryl methyl sites for hydroxylation is 1. The van der Waals surface area contributed by atoms with Gasteiger partial charge in [0, 0.05) is 30.9 Å². The Morgan fingerprint density at radius 2 is 1.71 bits per heavy atom. The van der Waals surface area contributed by atoms with Crippen LogP contribution in [-0.2, 0) is 33.6 Å². The molecule has 0 radical (unpaired) electrons. The lowest BCUT2D eigenvalue weighted by atomic mass is 9.59. The summed E-state index contributed by atoms with van der Waals surface area (Å²) in [6.07, 6.45) is 3.26. The van der Waals surface area contributed by atoms with Gasteiger partial charge in [-0.25, -0.2) is 0 Å². The molecule has 0 aromatic heterocycles. The number of hydrogen-bond donors (Lipinski definition) is 5. The van der Waals surface area contributed by atoms with E-state index < -0.39 is 58.1 Å². The van der Waals surface area contributed by atoms with Gasteiger partial charge in [0.15, 0.2) is 11.6 Å². The van der Waals surface area contributed by atoms with E-state index in [9.17, 15) is 29.7 Å². The molecule has 3 aliphatic rings. The van der Waals surface area contributed by atoms with Gasteiger partial charge in [0.05, 0.1) is 17.5 Å². The number of aliphatic hydroxyl groups excluding tert-OH is 2. The maximum atomic E-state index is 14.1. The van der Waals surface area contributed by atoms with Gasteiger partial charge in [0.1, 0.15) is 22.8 Å². The first-order chi connectivity index (χ1) is 21.1. The first-order valence-corrected chi connectivity index (χ1v) is 15.4. The van der Waals surface area contributed by atoms with Crippen LogP contribution < -0.4 is 16.4 Å². The van der Waals surface area contributed by atoms with Crippen molar-refractivity contribution in [2.75, 3.05) is 33.1 Å². The monoisotopic (exact) mass is 616 g/mol. The van der Waals surface area contributed by atoms with Crippen molar-refractivity contribution in [2.24, 2.45) is 29.2 Å². The van der Waals surface area contributed by atoms with Gasteiger partial charge in [-0.3, -0.25) is 19.3 Å². The quantitative estimate of drug-likeness (QED) is 0.210. The number of phenols is 1. The number of ketones is 2. The summed E-state index contributed by atoms with van der Waals surface area (Å²) in [5, 5.41) is 34.2. The number of aromatic hydroxyl groups is 1. The normalized spacial score (nSPS) is 24.2. The van der Waals surface area contributed by atoms with Crippen molar-refractivity contribution in [2.45, 2.75) is 57.0 Å². The second-order valence-electron chi connectivity index (χ2n) is 13.6. The fourth-order valence-electron chi connectivity index (χ4n) is 7.79. The number of fused-ring (bicyclic) bond motifs is 3. The third-order valence-electron chi connectivity index (χ3n) is 9.75. The molecule has 0 aliphatic heterocycles. The fraction of sp³-hybridized carbons (Fsp3) is 0.457. The molecule has 45 heavy (non-hydrogen) atoms. The van der Waals surface area contributed by atoms with E-state index >= 15 is 0 Å². The first kappa shape index (κ1) is 32.2. The molecule has 10 nitrogen and oxygen atoms in total. The number of anilines is 1. The van der Waals surface area contributed by atoms with Crippen LogP contribution in [0.1, 0.15) is 48.4 Å². The minimum absolute atomic E-state index is 0.0781. The molecule has 1 fully saturated rings.